The van der Waals surface area contributed by atoms with Gasteiger partial charge in [0.15, 0.2) is 11.6 Å². The van der Waals surface area contributed by atoms with Crippen molar-refractivity contribution in [2.45, 2.75) is 33.1 Å². The van der Waals surface area contributed by atoms with E-state index in [-0.39, 0.29) is 0 Å². The van der Waals surface area contributed by atoms with Crippen LogP contribution < -0.4 is 5.32 Å². The summed E-state index contributed by atoms with van der Waals surface area (Å²) in [4.78, 5) is 0. The fourth-order valence-corrected chi connectivity index (χ4v) is 2.70. The zero-order chi connectivity index (χ0) is 13.8. The molecular weight excluding hydrogens is 244 g/mol. The normalized spacial score (nSPS) is 22.6. The summed E-state index contributed by atoms with van der Waals surface area (Å²) < 4.78 is 26.0. The molecule has 1 fully saturated rings. The van der Waals surface area contributed by atoms with Gasteiger partial charge in [0.05, 0.1) is 0 Å². The first kappa shape index (κ1) is 14.4. The second kappa shape index (κ2) is 6.47. The molecule has 2 unspecified atom stereocenters. The van der Waals surface area contributed by atoms with Gasteiger partial charge in [-0.05, 0) is 67.8 Å². The summed E-state index contributed by atoms with van der Waals surface area (Å²) in [6.07, 6.45) is 3.32. The van der Waals surface area contributed by atoms with E-state index in [4.69, 9.17) is 0 Å². The number of halogens is 2. The average molecular weight is 267 g/mol. The van der Waals surface area contributed by atoms with Crippen LogP contribution in [0.1, 0.15) is 32.3 Å². The fraction of sp³-hybridized carbons (Fsp3) is 0.625. The molecule has 1 nitrogen and oxygen atoms in total. The Morgan fingerprint density at radius 1 is 1.16 bits per heavy atom. The predicted octanol–water partition coefficient (Wildman–Crippen LogP) is 3.78. The van der Waals surface area contributed by atoms with E-state index in [1.165, 1.54) is 25.0 Å². The Morgan fingerprint density at radius 2 is 1.89 bits per heavy atom. The van der Waals surface area contributed by atoms with Crippen LogP contribution in [0.2, 0.25) is 0 Å². The summed E-state index contributed by atoms with van der Waals surface area (Å²) in [6, 6.07) is 4.27. The van der Waals surface area contributed by atoms with Crippen molar-refractivity contribution in [1.29, 1.82) is 0 Å². The van der Waals surface area contributed by atoms with Crippen LogP contribution in [-0.2, 0) is 6.42 Å². The Morgan fingerprint density at radius 3 is 2.47 bits per heavy atom. The molecule has 0 amide bonds. The molecule has 1 aromatic carbocycles. The van der Waals surface area contributed by atoms with Crippen LogP contribution in [0.15, 0.2) is 18.2 Å². The van der Waals surface area contributed by atoms with Gasteiger partial charge in [-0.1, -0.05) is 19.9 Å². The predicted molar refractivity (Wildman–Crippen MR) is 74.0 cm³/mol. The van der Waals surface area contributed by atoms with Crippen molar-refractivity contribution in [2.75, 3.05) is 13.1 Å². The highest BCUT2D eigenvalue weighted by Gasteiger charge is 2.30. The van der Waals surface area contributed by atoms with Gasteiger partial charge in [0, 0.05) is 0 Å². The van der Waals surface area contributed by atoms with E-state index in [0.29, 0.717) is 17.8 Å². The molecule has 0 saturated heterocycles. The molecule has 1 saturated carbocycles. The Hall–Kier alpha value is -0.960. The molecule has 106 valence electrons. The van der Waals surface area contributed by atoms with Crippen molar-refractivity contribution in [2.24, 2.45) is 17.8 Å². The third kappa shape index (κ3) is 4.00. The summed E-state index contributed by atoms with van der Waals surface area (Å²) >= 11 is 0. The lowest BCUT2D eigenvalue weighted by molar-refractivity contribution is 0.169. The molecule has 0 heterocycles. The molecule has 0 spiro atoms. The average Bonchev–Trinajstić information content (AvgIpc) is 2.34. The number of hydrogen-bond donors (Lipinski definition) is 1. The summed E-state index contributed by atoms with van der Waals surface area (Å²) in [5.41, 5.74) is 0.914. The van der Waals surface area contributed by atoms with Crippen LogP contribution in [0.25, 0.3) is 0 Å². The zero-order valence-corrected chi connectivity index (χ0v) is 11.8. The van der Waals surface area contributed by atoms with Crippen LogP contribution in [-0.4, -0.2) is 13.1 Å². The zero-order valence-electron chi connectivity index (χ0n) is 11.8. The molecule has 0 aliphatic heterocycles. The molecular formula is C16H23F2N. The monoisotopic (exact) mass is 267 g/mol. The lowest BCUT2D eigenvalue weighted by atomic mass is 9.70. The van der Waals surface area contributed by atoms with E-state index in [2.05, 4.69) is 19.2 Å². The summed E-state index contributed by atoms with van der Waals surface area (Å²) in [5, 5.41) is 3.49. The van der Waals surface area contributed by atoms with E-state index in [9.17, 15) is 8.78 Å². The van der Waals surface area contributed by atoms with Crippen LogP contribution in [0.5, 0.6) is 0 Å². The number of benzene rings is 1. The highest BCUT2D eigenvalue weighted by atomic mass is 19.2. The van der Waals surface area contributed by atoms with Gasteiger partial charge < -0.3 is 5.32 Å². The maximum absolute atomic E-state index is 13.2. The van der Waals surface area contributed by atoms with Crippen molar-refractivity contribution in [1.82, 2.24) is 5.32 Å². The van der Waals surface area contributed by atoms with Crippen molar-refractivity contribution in [3.05, 3.63) is 35.4 Å². The molecule has 19 heavy (non-hydrogen) atoms. The third-order valence-electron chi connectivity index (χ3n) is 4.02. The molecule has 2 atom stereocenters. The highest BCUT2D eigenvalue weighted by molar-refractivity contribution is 5.19. The maximum atomic E-state index is 13.2. The Bertz CT molecular complexity index is 417. The Kier molecular flexibility index (Phi) is 4.92. The first-order valence-electron chi connectivity index (χ1n) is 7.21. The van der Waals surface area contributed by atoms with Gasteiger partial charge in [0.1, 0.15) is 0 Å². The van der Waals surface area contributed by atoms with E-state index in [1.807, 2.05) is 0 Å². The van der Waals surface area contributed by atoms with Gasteiger partial charge in [-0.3, -0.25) is 0 Å². The van der Waals surface area contributed by atoms with Gasteiger partial charge >= 0.3 is 0 Å². The third-order valence-corrected chi connectivity index (χ3v) is 4.02. The van der Waals surface area contributed by atoms with Crippen LogP contribution in [0.3, 0.4) is 0 Å². The first-order chi connectivity index (χ1) is 9.06. The molecule has 1 aliphatic rings. The largest absolute Gasteiger partial charge is 0.316 e. The van der Waals surface area contributed by atoms with E-state index in [0.717, 1.165) is 25.1 Å². The smallest absolute Gasteiger partial charge is 0.159 e. The second-order valence-corrected chi connectivity index (χ2v) is 6.10. The molecule has 3 heteroatoms. The van der Waals surface area contributed by atoms with Crippen LogP contribution >= 0.6 is 0 Å². The van der Waals surface area contributed by atoms with Gasteiger partial charge in [-0.25, -0.2) is 8.78 Å². The summed E-state index contributed by atoms with van der Waals surface area (Å²) in [6.45, 7) is 6.50. The molecule has 1 aromatic rings. The molecule has 1 aliphatic carbocycles. The first-order valence-corrected chi connectivity index (χ1v) is 7.21. The lowest BCUT2D eigenvalue weighted by Crippen LogP contribution is -2.37. The minimum absolute atomic E-state index is 0.615. The second-order valence-electron chi connectivity index (χ2n) is 6.10. The van der Waals surface area contributed by atoms with Gasteiger partial charge in [-0.15, -0.1) is 0 Å². The number of hydrogen-bond acceptors (Lipinski definition) is 1. The molecule has 0 aromatic heterocycles. The Balaban J connectivity index is 1.80. The standard InChI is InChI=1S/C16H23F2N/c1-11(2)9-19-10-14-5-4-13(14)7-12-3-6-15(17)16(18)8-12/h3,6,8,11,13-14,19H,4-5,7,9-10H2,1-2H3. The van der Waals surface area contributed by atoms with E-state index in [1.54, 1.807) is 6.07 Å². The minimum Gasteiger partial charge on any atom is -0.316 e. The quantitative estimate of drug-likeness (QED) is 0.827. The van der Waals surface area contributed by atoms with Gasteiger partial charge in [0.2, 0.25) is 0 Å². The maximum Gasteiger partial charge on any atom is 0.159 e. The number of nitrogens with one attached hydrogen (secondary N) is 1. The molecule has 2 rings (SSSR count). The van der Waals surface area contributed by atoms with Crippen LogP contribution in [0, 0.1) is 29.4 Å². The van der Waals surface area contributed by atoms with Crippen molar-refractivity contribution in [3.63, 3.8) is 0 Å². The SMILES string of the molecule is CC(C)CNCC1CCC1Cc1ccc(F)c(F)c1. The Labute approximate surface area is 114 Å². The topological polar surface area (TPSA) is 12.0 Å². The van der Waals surface area contributed by atoms with Crippen molar-refractivity contribution < 1.29 is 8.78 Å². The summed E-state index contributed by atoms with van der Waals surface area (Å²) in [5.74, 6) is 0.486. The van der Waals surface area contributed by atoms with Crippen molar-refractivity contribution in [3.8, 4) is 0 Å². The molecule has 1 N–H and O–H groups in total. The number of rotatable bonds is 6. The lowest BCUT2D eigenvalue weighted by Gasteiger charge is -2.37. The summed E-state index contributed by atoms with van der Waals surface area (Å²) in [7, 11) is 0. The highest BCUT2D eigenvalue weighted by Crippen LogP contribution is 2.36. The van der Waals surface area contributed by atoms with Gasteiger partial charge in [-0.2, -0.15) is 0 Å². The van der Waals surface area contributed by atoms with E-state index < -0.39 is 11.6 Å². The minimum atomic E-state index is -0.757. The van der Waals surface area contributed by atoms with Crippen LogP contribution in [0.4, 0.5) is 8.78 Å². The van der Waals surface area contributed by atoms with E-state index >= 15 is 0 Å². The fourth-order valence-electron chi connectivity index (χ4n) is 2.70. The molecule has 0 bridgehead atoms. The van der Waals surface area contributed by atoms with Gasteiger partial charge in [0.25, 0.3) is 0 Å². The van der Waals surface area contributed by atoms with Crippen molar-refractivity contribution >= 4 is 0 Å². The molecule has 0 radical (unpaired) electrons.